The third-order valence-electron chi connectivity index (χ3n) is 3.76. The van der Waals surface area contributed by atoms with E-state index in [1.165, 1.54) is 5.56 Å². The molecule has 1 aliphatic heterocycles. The van der Waals surface area contributed by atoms with Crippen LogP contribution in [-0.2, 0) is 6.54 Å². The normalized spacial score (nSPS) is 17.8. The zero-order valence-corrected chi connectivity index (χ0v) is 12.6. The largest absolute Gasteiger partial charge is 0.354 e. The van der Waals surface area contributed by atoms with Gasteiger partial charge in [0.25, 0.3) is 0 Å². The number of nitrogens with zero attached hydrogens (tertiary/aromatic N) is 3. The van der Waals surface area contributed by atoms with Crippen LogP contribution in [0.2, 0.25) is 0 Å². The van der Waals surface area contributed by atoms with Gasteiger partial charge in [0.05, 0.1) is 0 Å². The first-order valence-corrected chi connectivity index (χ1v) is 7.11. The Morgan fingerprint density at radius 1 is 1.21 bits per heavy atom. The maximum atomic E-state index is 4.58. The number of nitrogens with one attached hydrogen (secondary N) is 1. The second-order valence-electron chi connectivity index (χ2n) is 6.16. The molecule has 1 N–H and O–H groups in total. The highest BCUT2D eigenvalue weighted by Gasteiger charge is 2.26. The molecule has 106 valence electrons. The van der Waals surface area contributed by atoms with E-state index in [4.69, 9.17) is 0 Å². The maximum absolute atomic E-state index is 4.58. The van der Waals surface area contributed by atoms with Gasteiger partial charge in [-0.25, -0.2) is 4.98 Å². The zero-order valence-electron chi connectivity index (χ0n) is 12.6. The molecule has 0 radical (unpaired) electrons. The fraction of sp³-hybridized carbons (Fsp3) is 0.667. The molecule has 0 spiro atoms. The molecular weight excluding hydrogens is 236 g/mol. The van der Waals surface area contributed by atoms with E-state index in [9.17, 15) is 0 Å². The Bertz CT molecular complexity index is 403. The third kappa shape index (κ3) is 3.45. The Hall–Kier alpha value is -1.13. The molecule has 0 saturated carbocycles. The lowest BCUT2D eigenvalue weighted by atomic mass is 10.0. The lowest BCUT2D eigenvalue weighted by Crippen LogP contribution is -2.53. The Kier molecular flexibility index (Phi) is 4.42. The third-order valence-corrected chi connectivity index (χ3v) is 3.76. The van der Waals surface area contributed by atoms with Crippen molar-refractivity contribution in [2.24, 2.45) is 0 Å². The molecule has 1 fully saturated rings. The van der Waals surface area contributed by atoms with Crippen molar-refractivity contribution in [1.82, 2.24) is 15.2 Å². The average molecular weight is 262 g/mol. The van der Waals surface area contributed by atoms with Crippen LogP contribution in [0.3, 0.4) is 0 Å². The Labute approximate surface area is 116 Å². The second-order valence-corrected chi connectivity index (χ2v) is 6.16. The highest BCUT2D eigenvalue weighted by atomic mass is 15.3. The predicted octanol–water partition coefficient (Wildman–Crippen LogP) is 1.72. The first-order valence-electron chi connectivity index (χ1n) is 7.11. The van der Waals surface area contributed by atoms with Crippen molar-refractivity contribution in [3.05, 3.63) is 23.9 Å². The molecule has 0 aliphatic carbocycles. The highest BCUT2D eigenvalue weighted by Crippen LogP contribution is 2.21. The molecule has 19 heavy (non-hydrogen) atoms. The lowest BCUT2D eigenvalue weighted by Gasteiger charge is -2.43. The number of hydrogen-bond donors (Lipinski definition) is 1. The van der Waals surface area contributed by atoms with E-state index in [1.807, 2.05) is 19.3 Å². The molecule has 0 amide bonds. The molecule has 1 aromatic heterocycles. The molecule has 0 bridgehead atoms. The molecule has 4 nitrogen and oxygen atoms in total. The quantitative estimate of drug-likeness (QED) is 0.899. The van der Waals surface area contributed by atoms with E-state index >= 15 is 0 Å². The molecule has 2 heterocycles. The summed E-state index contributed by atoms with van der Waals surface area (Å²) >= 11 is 0. The van der Waals surface area contributed by atoms with Crippen LogP contribution < -0.4 is 10.2 Å². The van der Waals surface area contributed by atoms with Gasteiger partial charge in [-0.1, -0.05) is 6.07 Å². The maximum Gasteiger partial charge on any atom is 0.133 e. The van der Waals surface area contributed by atoms with Crippen LogP contribution >= 0.6 is 0 Å². The number of anilines is 1. The van der Waals surface area contributed by atoms with Crippen molar-refractivity contribution < 1.29 is 0 Å². The number of rotatable bonds is 3. The topological polar surface area (TPSA) is 31.4 Å². The Morgan fingerprint density at radius 3 is 2.47 bits per heavy atom. The number of piperazine rings is 1. The van der Waals surface area contributed by atoms with Gasteiger partial charge < -0.3 is 10.2 Å². The van der Waals surface area contributed by atoms with Gasteiger partial charge in [-0.2, -0.15) is 0 Å². The molecule has 1 saturated heterocycles. The van der Waals surface area contributed by atoms with E-state index in [0.717, 1.165) is 38.5 Å². The van der Waals surface area contributed by atoms with E-state index in [1.54, 1.807) is 0 Å². The number of pyridine rings is 1. The van der Waals surface area contributed by atoms with Crippen LogP contribution in [0.4, 0.5) is 5.82 Å². The SMILES string of the molecule is CNCc1cccnc1N1CCN(C(C)(C)C)CC1. The Morgan fingerprint density at radius 2 is 1.89 bits per heavy atom. The van der Waals surface area contributed by atoms with Crippen molar-refractivity contribution in [3.8, 4) is 0 Å². The van der Waals surface area contributed by atoms with Gasteiger partial charge in [0, 0.05) is 50.0 Å². The van der Waals surface area contributed by atoms with Crippen LogP contribution in [0.1, 0.15) is 26.3 Å². The van der Waals surface area contributed by atoms with Crippen LogP contribution in [0.25, 0.3) is 0 Å². The molecule has 2 rings (SSSR count). The number of aromatic nitrogens is 1. The van der Waals surface area contributed by atoms with Crippen molar-refractivity contribution in [1.29, 1.82) is 0 Å². The summed E-state index contributed by atoms with van der Waals surface area (Å²) in [6.45, 7) is 12.1. The van der Waals surface area contributed by atoms with Gasteiger partial charge in [-0.3, -0.25) is 4.90 Å². The second kappa shape index (κ2) is 5.88. The van der Waals surface area contributed by atoms with E-state index in [0.29, 0.717) is 0 Å². The van der Waals surface area contributed by atoms with Gasteiger partial charge in [0.1, 0.15) is 5.82 Å². The van der Waals surface area contributed by atoms with Gasteiger partial charge in [-0.15, -0.1) is 0 Å². The molecule has 4 heteroatoms. The van der Waals surface area contributed by atoms with Crippen molar-refractivity contribution in [2.45, 2.75) is 32.9 Å². The summed E-state index contributed by atoms with van der Waals surface area (Å²) < 4.78 is 0. The van der Waals surface area contributed by atoms with Crippen LogP contribution in [-0.4, -0.2) is 48.6 Å². The van der Waals surface area contributed by atoms with E-state index < -0.39 is 0 Å². The highest BCUT2D eigenvalue weighted by molar-refractivity contribution is 5.47. The first-order chi connectivity index (χ1) is 9.02. The van der Waals surface area contributed by atoms with Gasteiger partial charge >= 0.3 is 0 Å². The summed E-state index contributed by atoms with van der Waals surface area (Å²) in [6.07, 6.45) is 1.89. The minimum Gasteiger partial charge on any atom is -0.354 e. The molecule has 1 aliphatic rings. The minimum absolute atomic E-state index is 0.268. The predicted molar refractivity (Wildman–Crippen MR) is 80.5 cm³/mol. The van der Waals surface area contributed by atoms with Gasteiger partial charge in [-0.05, 0) is 33.9 Å². The number of hydrogen-bond acceptors (Lipinski definition) is 4. The summed E-state index contributed by atoms with van der Waals surface area (Å²) in [6, 6.07) is 4.18. The fourth-order valence-corrected chi connectivity index (χ4v) is 2.63. The van der Waals surface area contributed by atoms with Crippen LogP contribution in [0.5, 0.6) is 0 Å². The standard InChI is InChI=1S/C15H26N4/c1-15(2,3)19-10-8-18(9-11-19)14-13(12-16-4)6-5-7-17-14/h5-7,16H,8-12H2,1-4H3. The van der Waals surface area contributed by atoms with Gasteiger partial charge in [0.15, 0.2) is 0 Å². The van der Waals surface area contributed by atoms with Crippen molar-refractivity contribution >= 4 is 5.82 Å². The summed E-state index contributed by atoms with van der Waals surface area (Å²) in [5.41, 5.74) is 1.55. The molecule has 0 unspecified atom stereocenters. The summed E-state index contributed by atoms with van der Waals surface area (Å²) in [4.78, 5) is 9.53. The average Bonchev–Trinajstić information content (AvgIpc) is 2.39. The monoisotopic (exact) mass is 262 g/mol. The molecule has 1 aromatic rings. The molecule has 0 atom stereocenters. The zero-order chi connectivity index (χ0) is 13.9. The first kappa shape index (κ1) is 14.3. The fourth-order valence-electron chi connectivity index (χ4n) is 2.63. The lowest BCUT2D eigenvalue weighted by molar-refractivity contribution is 0.128. The smallest absolute Gasteiger partial charge is 0.133 e. The molecule has 0 aromatic carbocycles. The van der Waals surface area contributed by atoms with E-state index in [-0.39, 0.29) is 5.54 Å². The van der Waals surface area contributed by atoms with Crippen molar-refractivity contribution in [3.63, 3.8) is 0 Å². The van der Waals surface area contributed by atoms with Crippen molar-refractivity contribution in [2.75, 3.05) is 38.1 Å². The van der Waals surface area contributed by atoms with Gasteiger partial charge in [0.2, 0.25) is 0 Å². The minimum atomic E-state index is 0.268. The molecular formula is C15H26N4. The van der Waals surface area contributed by atoms with Crippen LogP contribution in [0, 0.1) is 0 Å². The summed E-state index contributed by atoms with van der Waals surface area (Å²) in [5, 5.41) is 3.22. The summed E-state index contributed by atoms with van der Waals surface area (Å²) in [5.74, 6) is 1.14. The Balaban J connectivity index is 2.05. The van der Waals surface area contributed by atoms with Crippen LogP contribution in [0.15, 0.2) is 18.3 Å². The summed E-state index contributed by atoms with van der Waals surface area (Å²) in [7, 11) is 1.98. The van der Waals surface area contributed by atoms with E-state index in [2.05, 4.69) is 46.9 Å².